The smallest absolute Gasteiger partial charge is 0.251 e. The van der Waals surface area contributed by atoms with E-state index in [1.165, 1.54) is 0 Å². The molecule has 0 heterocycles. The molecule has 1 rings (SSSR count). The number of aliphatic imine (C=N–C) groups is 1. The van der Waals surface area contributed by atoms with Crippen molar-refractivity contribution < 1.29 is 9.53 Å². The first kappa shape index (κ1) is 22.6. The van der Waals surface area contributed by atoms with E-state index < -0.39 is 0 Å². The summed E-state index contributed by atoms with van der Waals surface area (Å²) in [6.45, 7) is 7.75. The van der Waals surface area contributed by atoms with Gasteiger partial charge in [-0.15, -0.1) is 24.0 Å². The molecule has 0 atom stereocenters. The molecule has 0 aliphatic heterocycles. The first-order valence-corrected chi connectivity index (χ1v) is 7.78. The zero-order chi connectivity index (χ0) is 17.3. The van der Waals surface area contributed by atoms with Gasteiger partial charge in [0, 0.05) is 39.4 Å². The number of methoxy groups -OCH3 is 1. The van der Waals surface area contributed by atoms with Crippen LogP contribution in [-0.2, 0) is 11.3 Å². The molecule has 136 valence electrons. The summed E-state index contributed by atoms with van der Waals surface area (Å²) in [5.74, 6) is 0.636. The minimum absolute atomic E-state index is 0. The normalized spacial score (nSPS) is 11.5. The summed E-state index contributed by atoms with van der Waals surface area (Å²) in [7, 11) is 3.41. The molecule has 0 bridgehead atoms. The molecule has 0 aliphatic rings. The van der Waals surface area contributed by atoms with Crippen molar-refractivity contribution in [2.45, 2.75) is 32.9 Å². The second kappa shape index (κ2) is 11.2. The van der Waals surface area contributed by atoms with Gasteiger partial charge in [-0.25, -0.2) is 0 Å². The van der Waals surface area contributed by atoms with E-state index in [9.17, 15) is 4.79 Å². The molecule has 3 N–H and O–H groups in total. The molecular weight excluding hydrogens is 419 g/mol. The predicted molar refractivity (Wildman–Crippen MR) is 109 cm³/mol. The third kappa shape index (κ3) is 7.96. The topological polar surface area (TPSA) is 74.8 Å². The molecule has 0 saturated heterocycles. The zero-order valence-corrected chi connectivity index (χ0v) is 17.4. The minimum atomic E-state index is -0.268. The van der Waals surface area contributed by atoms with Gasteiger partial charge in [-0.1, -0.05) is 12.1 Å². The van der Waals surface area contributed by atoms with Crippen LogP contribution in [0.2, 0.25) is 0 Å². The van der Waals surface area contributed by atoms with Crippen molar-refractivity contribution in [3.8, 4) is 0 Å². The van der Waals surface area contributed by atoms with E-state index >= 15 is 0 Å². The highest BCUT2D eigenvalue weighted by atomic mass is 127. The molecule has 1 amide bonds. The number of amides is 1. The van der Waals surface area contributed by atoms with Crippen molar-refractivity contribution >= 4 is 35.8 Å². The lowest BCUT2D eigenvalue weighted by atomic mass is 10.1. The second-order valence-electron chi connectivity index (χ2n) is 5.80. The highest BCUT2D eigenvalue weighted by Gasteiger charge is 2.16. The Kier molecular flexibility index (Phi) is 10.6. The number of nitrogens with one attached hydrogen (secondary N) is 3. The molecule has 1 aromatic rings. The Morgan fingerprint density at radius 1 is 1.25 bits per heavy atom. The minimum Gasteiger partial charge on any atom is -0.377 e. The van der Waals surface area contributed by atoms with Gasteiger partial charge >= 0.3 is 0 Å². The van der Waals surface area contributed by atoms with E-state index in [0.717, 1.165) is 5.56 Å². The fraction of sp³-hybridized carbons (Fsp3) is 0.529. The van der Waals surface area contributed by atoms with Crippen LogP contribution in [0.15, 0.2) is 29.3 Å². The number of carbonyl (C=O) groups excluding carboxylic acids is 1. The lowest BCUT2D eigenvalue weighted by Crippen LogP contribution is -2.45. The Balaban J connectivity index is 0.00000529. The lowest BCUT2D eigenvalue weighted by molar-refractivity contribution is 0.0268. The molecule has 0 unspecified atom stereocenters. The van der Waals surface area contributed by atoms with Crippen LogP contribution in [0.5, 0.6) is 0 Å². The van der Waals surface area contributed by atoms with Gasteiger partial charge in [0.25, 0.3) is 5.91 Å². The van der Waals surface area contributed by atoms with Crippen LogP contribution in [0.1, 0.15) is 36.7 Å². The molecule has 24 heavy (non-hydrogen) atoms. The lowest BCUT2D eigenvalue weighted by Gasteiger charge is -2.24. The molecule has 0 saturated carbocycles. The maximum absolute atomic E-state index is 11.9. The summed E-state index contributed by atoms with van der Waals surface area (Å²) >= 11 is 0. The number of hydrogen-bond donors (Lipinski definition) is 3. The Morgan fingerprint density at radius 3 is 2.54 bits per heavy atom. The van der Waals surface area contributed by atoms with Crippen LogP contribution in [0.3, 0.4) is 0 Å². The second-order valence-corrected chi connectivity index (χ2v) is 5.80. The Morgan fingerprint density at radius 2 is 1.96 bits per heavy atom. The Labute approximate surface area is 161 Å². The third-order valence-corrected chi connectivity index (χ3v) is 3.44. The van der Waals surface area contributed by atoms with Crippen LogP contribution < -0.4 is 16.0 Å². The average molecular weight is 448 g/mol. The van der Waals surface area contributed by atoms with Crippen molar-refractivity contribution in [1.29, 1.82) is 0 Å². The number of rotatable bonds is 7. The van der Waals surface area contributed by atoms with E-state index in [0.29, 0.717) is 31.2 Å². The van der Waals surface area contributed by atoms with Gasteiger partial charge in [-0.2, -0.15) is 0 Å². The van der Waals surface area contributed by atoms with Gasteiger partial charge in [0.05, 0.1) is 5.60 Å². The van der Waals surface area contributed by atoms with Crippen LogP contribution in [0.4, 0.5) is 0 Å². The molecule has 7 heteroatoms. The van der Waals surface area contributed by atoms with E-state index in [4.69, 9.17) is 4.74 Å². The molecule has 0 spiro atoms. The summed E-state index contributed by atoms with van der Waals surface area (Å²) in [5, 5.41) is 9.25. The van der Waals surface area contributed by atoms with Crippen molar-refractivity contribution in [2.75, 3.05) is 27.2 Å². The Hall–Kier alpha value is -1.35. The number of guanidine groups is 1. The summed E-state index contributed by atoms with van der Waals surface area (Å²) < 4.78 is 5.37. The third-order valence-electron chi connectivity index (χ3n) is 3.44. The van der Waals surface area contributed by atoms with Gasteiger partial charge in [0.1, 0.15) is 0 Å². The van der Waals surface area contributed by atoms with Crippen molar-refractivity contribution in [3.05, 3.63) is 35.4 Å². The number of ether oxygens (including phenoxy) is 1. The van der Waals surface area contributed by atoms with Crippen LogP contribution in [0, 0.1) is 0 Å². The molecule has 6 nitrogen and oxygen atoms in total. The number of hydrogen-bond acceptors (Lipinski definition) is 3. The van der Waals surface area contributed by atoms with E-state index in [2.05, 4.69) is 20.9 Å². The summed E-state index contributed by atoms with van der Waals surface area (Å²) in [4.78, 5) is 16.0. The van der Waals surface area contributed by atoms with Crippen molar-refractivity contribution in [1.82, 2.24) is 16.0 Å². The van der Waals surface area contributed by atoms with E-state index in [1.807, 2.05) is 45.0 Å². The maximum atomic E-state index is 11.9. The standard InChI is InChI=1S/C17H28N4O2.HI/c1-6-19-15(22)14-9-7-8-13(10-14)11-20-16(18-4)21-12-17(2,3)23-5;/h7-10H,6,11-12H2,1-5H3,(H,19,22)(H2,18,20,21);1H. The van der Waals surface area contributed by atoms with Gasteiger partial charge in [0.2, 0.25) is 0 Å². The van der Waals surface area contributed by atoms with E-state index in [-0.39, 0.29) is 35.5 Å². The number of carbonyl (C=O) groups is 1. The van der Waals surface area contributed by atoms with Crippen molar-refractivity contribution in [2.24, 2.45) is 4.99 Å². The maximum Gasteiger partial charge on any atom is 0.251 e. The SMILES string of the molecule is CCNC(=O)c1cccc(CNC(=NC)NCC(C)(C)OC)c1.I. The van der Waals surface area contributed by atoms with Crippen molar-refractivity contribution in [3.63, 3.8) is 0 Å². The highest BCUT2D eigenvalue weighted by Crippen LogP contribution is 2.06. The van der Waals surface area contributed by atoms with Gasteiger partial charge in [-0.05, 0) is 38.5 Å². The molecule has 1 aromatic carbocycles. The number of nitrogens with zero attached hydrogens (tertiary/aromatic N) is 1. The first-order valence-electron chi connectivity index (χ1n) is 7.78. The predicted octanol–water partition coefficient (Wildman–Crippen LogP) is 2.14. The fourth-order valence-corrected chi connectivity index (χ4v) is 1.86. The summed E-state index contributed by atoms with van der Waals surface area (Å²) in [6.07, 6.45) is 0. The van der Waals surface area contributed by atoms with Crippen LogP contribution in [-0.4, -0.2) is 44.7 Å². The quantitative estimate of drug-likeness (QED) is 0.340. The van der Waals surface area contributed by atoms with Gasteiger partial charge < -0.3 is 20.7 Å². The zero-order valence-electron chi connectivity index (χ0n) is 15.1. The molecule has 0 radical (unpaired) electrons. The molecule has 0 fully saturated rings. The first-order chi connectivity index (χ1) is 10.9. The summed E-state index contributed by atoms with van der Waals surface area (Å²) in [5.41, 5.74) is 1.41. The Bertz CT molecular complexity index is 547. The number of halogens is 1. The summed E-state index contributed by atoms with van der Waals surface area (Å²) in [6, 6.07) is 7.54. The van der Waals surface area contributed by atoms with Gasteiger partial charge in [0.15, 0.2) is 5.96 Å². The van der Waals surface area contributed by atoms with Crippen LogP contribution >= 0.6 is 24.0 Å². The molecule has 0 aromatic heterocycles. The van der Waals surface area contributed by atoms with Crippen LogP contribution in [0.25, 0.3) is 0 Å². The highest BCUT2D eigenvalue weighted by molar-refractivity contribution is 14.0. The van der Waals surface area contributed by atoms with Gasteiger partial charge in [-0.3, -0.25) is 9.79 Å². The molecule has 0 aliphatic carbocycles. The molecular formula is C17H29IN4O2. The average Bonchev–Trinajstić information content (AvgIpc) is 2.55. The van der Waals surface area contributed by atoms with E-state index in [1.54, 1.807) is 14.2 Å². The fourth-order valence-electron chi connectivity index (χ4n) is 1.86. The number of benzene rings is 1. The monoisotopic (exact) mass is 448 g/mol. The largest absolute Gasteiger partial charge is 0.377 e.